The number of hydrogen-bond acceptors (Lipinski definition) is 2. The van der Waals surface area contributed by atoms with Gasteiger partial charge in [0.25, 0.3) is 0 Å². The van der Waals surface area contributed by atoms with Crippen molar-refractivity contribution in [2.24, 2.45) is 0 Å². The molecule has 1 aromatic carbocycles. The first-order valence-electron chi connectivity index (χ1n) is 5.84. The van der Waals surface area contributed by atoms with Crippen LogP contribution < -0.4 is 5.32 Å². The van der Waals surface area contributed by atoms with Crippen molar-refractivity contribution in [3.05, 3.63) is 35.9 Å². The van der Waals surface area contributed by atoms with Crippen molar-refractivity contribution in [1.29, 1.82) is 0 Å². The summed E-state index contributed by atoms with van der Waals surface area (Å²) in [5.41, 5.74) is 1.10. The van der Waals surface area contributed by atoms with E-state index in [2.05, 4.69) is 5.32 Å². The van der Waals surface area contributed by atoms with Gasteiger partial charge in [-0.3, -0.25) is 0 Å². The predicted octanol–water partition coefficient (Wildman–Crippen LogP) is 1.86. The topological polar surface area (TPSA) is 41.6 Å². The third-order valence-corrected chi connectivity index (χ3v) is 2.41. The fourth-order valence-corrected chi connectivity index (χ4v) is 1.36. The Morgan fingerprint density at radius 2 is 2.06 bits per heavy atom. The number of nitrogens with one attached hydrogen (secondary N) is 1. The summed E-state index contributed by atoms with van der Waals surface area (Å²) in [6.07, 6.45) is 0. The molecule has 0 bridgehead atoms. The van der Waals surface area contributed by atoms with Crippen LogP contribution in [-0.4, -0.2) is 37.7 Å². The summed E-state index contributed by atoms with van der Waals surface area (Å²) >= 11 is 0. The molecule has 1 rings (SSSR count). The van der Waals surface area contributed by atoms with Gasteiger partial charge in [0, 0.05) is 26.7 Å². The molecule has 0 atom stereocenters. The molecule has 0 aromatic heterocycles. The minimum Gasteiger partial charge on any atom is -0.380 e. The van der Waals surface area contributed by atoms with Gasteiger partial charge in [0.1, 0.15) is 0 Å². The number of hydrogen-bond donors (Lipinski definition) is 1. The highest BCUT2D eigenvalue weighted by Crippen LogP contribution is 1.97. The lowest BCUT2D eigenvalue weighted by Crippen LogP contribution is -2.38. The Balaban J connectivity index is 2.24. The van der Waals surface area contributed by atoms with Crippen molar-refractivity contribution in [1.82, 2.24) is 10.2 Å². The van der Waals surface area contributed by atoms with E-state index in [9.17, 15) is 4.79 Å². The van der Waals surface area contributed by atoms with Crippen LogP contribution in [0, 0.1) is 0 Å². The maximum atomic E-state index is 11.7. The largest absolute Gasteiger partial charge is 0.380 e. The molecule has 0 radical (unpaired) electrons. The van der Waals surface area contributed by atoms with Crippen LogP contribution in [0.4, 0.5) is 4.79 Å². The van der Waals surface area contributed by atoms with Crippen LogP contribution in [0.2, 0.25) is 0 Å². The lowest BCUT2D eigenvalue weighted by Gasteiger charge is -2.17. The van der Waals surface area contributed by atoms with Crippen LogP contribution in [-0.2, 0) is 11.3 Å². The minimum atomic E-state index is -0.0754. The molecule has 0 fully saturated rings. The van der Waals surface area contributed by atoms with Crippen molar-refractivity contribution in [3.8, 4) is 0 Å². The van der Waals surface area contributed by atoms with Crippen LogP contribution >= 0.6 is 0 Å². The van der Waals surface area contributed by atoms with Gasteiger partial charge in [0.15, 0.2) is 0 Å². The number of carbonyl (C=O) groups is 1. The minimum absolute atomic E-state index is 0.0754. The van der Waals surface area contributed by atoms with Gasteiger partial charge in [-0.15, -0.1) is 0 Å². The molecule has 2 amide bonds. The number of urea groups is 1. The summed E-state index contributed by atoms with van der Waals surface area (Å²) in [7, 11) is 1.76. The lowest BCUT2D eigenvalue weighted by atomic mass is 10.2. The predicted molar refractivity (Wildman–Crippen MR) is 67.8 cm³/mol. The monoisotopic (exact) mass is 236 g/mol. The Labute approximate surface area is 103 Å². The smallest absolute Gasteiger partial charge is 0.317 e. The van der Waals surface area contributed by atoms with Gasteiger partial charge in [-0.05, 0) is 12.5 Å². The highest BCUT2D eigenvalue weighted by Gasteiger charge is 2.06. The summed E-state index contributed by atoms with van der Waals surface area (Å²) in [5, 5.41) is 2.86. The molecule has 94 valence electrons. The van der Waals surface area contributed by atoms with E-state index in [-0.39, 0.29) is 6.03 Å². The molecule has 1 aromatic rings. The maximum absolute atomic E-state index is 11.7. The van der Waals surface area contributed by atoms with Crippen LogP contribution in [0.1, 0.15) is 12.5 Å². The van der Waals surface area contributed by atoms with Crippen molar-refractivity contribution >= 4 is 6.03 Å². The Morgan fingerprint density at radius 3 is 2.71 bits per heavy atom. The zero-order chi connectivity index (χ0) is 12.5. The zero-order valence-electron chi connectivity index (χ0n) is 10.5. The first kappa shape index (κ1) is 13.5. The van der Waals surface area contributed by atoms with Crippen LogP contribution in [0.3, 0.4) is 0 Å². The number of nitrogens with zero attached hydrogens (tertiary/aromatic N) is 1. The van der Waals surface area contributed by atoms with Gasteiger partial charge >= 0.3 is 6.03 Å². The molecule has 1 N–H and O–H groups in total. The molecule has 0 spiro atoms. The van der Waals surface area contributed by atoms with E-state index in [1.165, 1.54) is 0 Å². The van der Waals surface area contributed by atoms with Crippen LogP contribution in [0.5, 0.6) is 0 Å². The number of ether oxygens (including phenoxy) is 1. The van der Waals surface area contributed by atoms with Gasteiger partial charge in [-0.2, -0.15) is 0 Å². The standard InChI is InChI=1S/C13H20N2O2/c1-3-17-10-9-15(2)13(16)14-11-12-7-5-4-6-8-12/h4-8H,3,9-11H2,1-2H3,(H,14,16). The van der Waals surface area contributed by atoms with E-state index in [0.29, 0.717) is 26.3 Å². The highest BCUT2D eigenvalue weighted by molar-refractivity contribution is 5.73. The van der Waals surface area contributed by atoms with Crippen LogP contribution in [0.25, 0.3) is 0 Å². The normalized spacial score (nSPS) is 10.0. The number of carbonyl (C=O) groups excluding carboxylic acids is 1. The quantitative estimate of drug-likeness (QED) is 0.766. The van der Waals surface area contributed by atoms with E-state index in [1.54, 1.807) is 11.9 Å². The average Bonchev–Trinajstić information content (AvgIpc) is 2.37. The van der Waals surface area contributed by atoms with E-state index in [1.807, 2.05) is 37.3 Å². The third kappa shape index (κ3) is 5.36. The fraction of sp³-hybridized carbons (Fsp3) is 0.462. The molecule has 0 saturated carbocycles. The Bertz CT molecular complexity index is 327. The maximum Gasteiger partial charge on any atom is 0.317 e. The zero-order valence-corrected chi connectivity index (χ0v) is 10.5. The summed E-state index contributed by atoms with van der Waals surface area (Å²) in [5.74, 6) is 0. The molecule has 4 heteroatoms. The average molecular weight is 236 g/mol. The molecule has 0 aliphatic heterocycles. The second-order valence-electron chi connectivity index (χ2n) is 3.76. The first-order chi connectivity index (χ1) is 8.24. The molecule has 4 nitrogen and oxygen atoms in total. The number of likely N-dealkylation sites (N-methyl/N-ethyl adjacent to an activating group) is 1. The second kappa shape index (κ2) is 7.68. The lowest BCUT2D eigenvalue weighted by molar-refractivity contribution is 0.126. The first-order valence-corrected chi connectivity index (χ1v) is 5.84. The van der Waals surface area contributed by atoms with Gasteiger partial charge in [0.05, 0.1) is 6.61 Å². The summed E-state index contributed by atoms with van der Waals surface area (Å²) in [4.78, 5) is 13.3. The molecule has 0 heterocycles. The van der Waals surface area contributed by atoms with Crippen molar-refractivity contribution in [3.63, 3.8) is 0 Å². The molecular formula is C13H20N2O2. The third-order valence-electron chi connectivity index (χ3n) is 2.41. The summed E-state index contributed by atoms with van der Waals surface area (Å²) in [6.45, 7) is 4.35. The molecule has 17 heavy (non-hydrogen) atoms. The van der Waals surface area contributed by atoms with E-state index >= 15 is 0 Å². The van der Waals surface area contributed by atoms with Crippen molar-refractivity contribution in [2.45, 2.75) is 13.5 Å². The van der Waals surface area contributed by atoms with Gasteiger partial charge in [-0.1, -0.05) is 30.3 Å². The molecule has 0 saturated heterocycles. The fourth-order valence-electron chi connectivity index (χ4n) is 1.36. The molecular weight excluding hydrogens is 216 g/mol. The van der Waals surface area contributed by atoms with Crippen LogP contribution in [0.15, 0.2) is 30.3 Å². The number of rotatable bonds is 6. The van der Waals surface area contributed by atoms with E-state index in [4.69, 9.17) is 4.74 Å². The van der Waals surface area contributed by atoms with Crippen molar-refractivity contribution in [2.75, 3.05) is 26.8 Å². The van der Waals surface area contributed by atoms with Gasteiger partial charge in [-0.25, -0.2) is 4.79 Å². The van der Waals surface area contributed by atoms with Crippen molar-refractivity contribution < 1.29 is 9.53 Å². The Morgan fingerprint density at radius 1 is 1.35 bits per heavy atom. The number of benzene rings is 1. The molecule has 0 unspecified atom stereocenters. The molecule has 0 aliphatic carbocycles. The summed E-state index contributed by atoms with van der Waals surface area (Å²) in [6, 6.07) is 9.77. The number of amides is 2. The van der Waals surface area contributed by atoms with E-state index in [0.717, 1.165) is 5.56 Å². The Kier molecular flexibility index (Phi) is 6.10. The summed E-state index contributed by atoms with van der Waals surface area (Å²) < 4.78 is 5.20. The van der Waals surface area contributed by atoms with E-state index < -0.39 is 0 Å². The van der Waals surface area contributed by atoms with Gasteiger partial charge < -0.3 is 15.0 Å². The second-order valence-corrected chi connectivity index (χ2v) is 3.76. The highest BCUT2D eigenvalue weighted by atomic mass is 16.5. The Hall–Kier alpha value is -1.55. The molecule has 0 aliphatic rings. The van der Waals surface area contributed by atoms with Gasteiger partial charge in [0.2, 0.25) is 0 Å². The SMILES string of the molecule is CCOCCN(C)C(=O)NCc1ccccc1.